The molecule has 0 aromatic heterocycles. The molecule has 0 aromatic rings. The van der Waals surface area contributed by atoms with Gasteiger partial charge < -0.3 is 16.2 Å². The molecule has 0 aliphatic carbocycles. The van der Waals surface area contributed by atoms with Gasteiger partial charge in [0, 0.05) is 17.2 Å². The van der Waals surface area contributed by atoms with Gasteiger partial charge in [0.05, 0.1) is 0 Å². The molecule has 0 heterocycles. The topological polar surface area (TPSA) is 70.1 Å². The first-order valence-corrected chi connectivity index (χ1v) is 5.35. The first kappa shape index (κ1) is 14.3. The molecule has 0 saturated heterocycles. The SMILES string of the molecule is C/C=C\C(O)(C=N)C(C)(CC)C(C)(C)N. The van der Waals surface area contributed by atoms with E-state index in [1.807, 2.05) is 34.6 Å². The van der Waals surface area contributed by atoms with Gasteiger partial charge in [-0.25, -0.2) is 0 Å². The summed E-state index contributed by atoms with van der Waals surface area (Å²) in [7, 11) is 0. The summed E-state index contributed by atoms with van der Waals surface area (Å²) in [4.78, 5) is 0. The maximum atomic E-state index is 10.5. The fourth-order valence-corrected chi connectivity index (χ4v) is 1.90. The Morgan fingerprint density at radius 2 is 1.80 bits per heavy atom. The van der Waals surface area contributed by atoms with Gasteiger partial charge in [-0.1, -0.05) is 26.0 Å². The van der Waals surface area contributed by atoms with Gasteiger partial charge in [0.15, 0.2) is 0 Å². The van der Waals surface area contributed by atoms with Crippen molar-refractivity contribution >= 4 is 6.21 Å². The molecular formula is C12H24N2O. The maximum absolute atomic E-state index is 10.5. The van der Waals surface area contributed by atoms with Crippen LogP contribution in [0, 0.1) is 10.8 Å². The first-order chi connectivity index (χ1) is 6.68. The summed E-state index contributed by atoms with van der Waals surface area (Å²) < 4.78 is 0. The van der Waals surface area contributed by atoms with Gasteiger partial charge in [-0.3, -0.25) is 0 Å². The van der Waals surface area contributed by atoms with Crippen LogP contribution in [0.4, 0.5) is 0 Å². The second kappa shape index (κ2) is 4.45. The number of rotatable bonds is 5. The largest absolute Gasteiger partial charge is 0.379 e. The normalized spacial score (nSPS) is 21.0. The number of aliphatic hydroxyl groups is 1. The molecule has 2 unspecified atom stereocenters. The van der Waals surface area contributed by atoms with Crippen LogP contribution in [-0.2, 0) is 0 Å². The zero-order valence-corrected chi connectivity index (χ0v) is 10.5. The van der Waals surface area contributed by atoms with Crippen LogP contribution in [0.5, 0.6) is 0 Å². The molecule has 0 aromatic carbocycles. The molecule has 0 amide bonds. The van der Waals surface area contributed by atoms with E-state index in [2.05, 4.69) is 0 Å². The van der Waals surface area contributed by atoms with Gasteiger partial charge in [-0.2, -0.15) is 0 Å². The molecule has 0 aliphatic heterocycles. The van der Waals surface area contributed by atoms with Crippen LogP contribution in [0.3, 0.4) is 0 Å². The minimum atomic E-state index is -1.28. The fraction of sp³-hybridized carbons (Fsp3) is 0.750. The Hall–Kier alpha value is -0.670. The van der Waals surface area contributed by atoms with Gasteiger partial charge in [-0.15, -0.1) is 0 Å². The Labute approximate surface area is 92.9 Å². The average Bonchev–Trinajstić information content (AvgIpc) is 2.14. The Morgan fingerprint density at radius 1 is 1.33 bits per heavy atom. The predicted molar refractivity (Wildman–Crippen MR) is 65.2 cm³/mol. The third kappa shape index (κ3) is 2.29. The van der Waals surface area contributed by atoms with E-state index in [1.165, 1.54) is 0 Å². The van der Waals surface area contributed by atoms with E-state index in [9.17, 15) is 5.11 Å². The van der Waals surface area contributed by atoms with Crippen LogP contribution in [0.2, 0.25) is 0 Å². The lowest BCUT2D eigenvalue weighted by Crippen LogP contribution is -2.61. The van der Waals surface area contributed by atoms with Crippen LogP contribution in [0.25, 0.3) is 0 Å². The van der Waals surface area contributed by atoms with Crippen molar-refractivity contribution in [1.29, 1.82) is 5.41 Å². The number of hydrogen-bond donors (Lipinski definition) is 3. The molecule has 0 rings (SSSR count). The lowest BCUT2D eigenvalue weighted by molar-refractivity contribution is -0.0223. The third-order valence-electron chi connectivity index (χ3n) is 3.65. The molecule has 15 heavy (non-hydrogen) atoms. The van der Waals surface area contributed by atoms with Crippen molar-refractivity contribution in [2.24, 2.45) is 11.1 Å². The number of nitrogens with one attached hydrogen (secondary N) is 1. The molecule has 2 atom stereocenters. The molecule has 3 heteroatoms. The Balaban J connectivity index is 5.53. The fourth-order valence-electron chi connectivity index (χ4n) is 1.90. The van der Waals surface area contributed by atoms with Crippen molar-refractivity contribution in [1.82, 2.24) is 0 Å². The van der Waals surface area contributed by atoms with E-state index >= 15 is 0 Å². The summed E-state index contributed by atoms with van der Waals surface area (Å²) in [6, 6.07) is 0. The molecule has 88 valence electrons. The standard InChI is InChI=1S/C12H24N2O/c1-6-8-12(15,9-13)11(5,7-2)10(3,4)14/h6,8-9,13,15H,7,14H2,1-5H3/b8-6-,13-9?. The highest BCUT2D eigenvalue weighted by molar-refractivity contribution is 5.70. The summed E-state index contributed by atoms with van der Waals surface area (Å²) in [5.74, 6) is 0. The zero-order valence-electron chi connectivity index (χ0n) is 10.5. The number of allylic oxidation sites excluding steroid dienone is 1. The Bertz CT molecular complexity index is 255. The van der Waals surface area contributed by atoms with E-state index in [0.717, 1.165) is 6.21 Å². The number of nitrogens with two attached hydrogens (primary N) is 1. The summed E-state index contributed by atoms with van der Waals surface area (Å²) in [6.45, 7) is 9.49. The van der Waals surface area contributed by atoms with Crippen molar-refractivity contribution in [2.45, 2.75) is 52.2 Å². The highest BCUT2D eigenvalue weighted by atomic mass is 16.3. The van der Waals surface area contributed by atoms with Gasteiger partial charge in [0.2, 0.25) is 0 Å². The van der Waals surface area contributed by atoms with Gasteiger partial charge in [0.1, 0.15) is 5.60 Å². The Morgan fingerprint density at radius 3 is 2.00 bits per heavy atom. The van der Waals surface area contributed by atoms with Crippen molar-refractivity contribution in [3.8, 4) is 0 Å². The molecular weight excluding hydrogens is 188 g/mol. The van der Waals surface area contributed by atoms with Crippen LogP contribution >= 0.6 is 0 Å². The monoisotopic (exact) mass is 212 g/mol. The zero-order chi connectivity index (χ0) is 12.3. The van der Waals surface area contributed by atoms with Crippen LogP contribution in [0.15, 0.2) is 12.2 Å². The van der Waals surface area contributed by atoms with Crippen molar-refractivity contribution < 1.29 is 5.11 Å². The third-order valence-corrected chi connectivity index (χ3v) is 3.65. The predicted octanol–water partition coefficient (Wildman–Crippen LogP) is 2.10. The summed E-state index contributed by atoms with van der Waals surface area (Å²) in [6.07, 6.45) is 5.17. The van der Waals surface area contributed by atoms with E-state index in [0.29, 0.717) is 6.42 Å². The van der Waals surface area contributed by atoms with E-state index in [4.69, 9.17) is 11.1 Å². The second-order valence-electron chi connectivity index (χ2n) is 4.88. The summed E-state index contributed by atoms with van der Waals surface area (Å²) in [5, 5.41) is 17.9. The minimum absolute atomic E-state index is 0.561. The van der Waals surface area contributed by atoms with Crippen molar-refractivity contribution in [2.75, 3.05) is 0 Å². The first-order valence-electron chi connectivity index (χ1n) is 5.35. The average molecular weight is 212 g/mol. The second-order valence-corrected chi connectivity index (χ2v) is 4.88. The Kier molecular flexibility index (Phi) is 4.26. The molecule has 4 N–H and O–H groups in total. The quantitative estimate of drug-likeness (QED) is 0.482. The molecule has 0 bridgehead atoms. The molecule has 0 radical (unpaired) electrons. The molecule has 0 spiro atoms. The van der Waals surface area contributed by atoms with E-state index < -0.39 is 16.6 Å². The number of hydrogen-bond acceptors (Lipinski definition) is 3. The van der Waals surface area contributed by atoms with Crippen LogP contribution in [-0.4, -0.2) is 22.5 Å². The molecule has 0 saturated carbocycles. The van der Waals surface area contributed by atoms with Gasteiger partial charge in [-0.05, 0) is 27.2 Å². The highest BCUT2D eigenvalue weighted by Gasteiger charge is 2.50. The highest BCUT2D eigenvalue weighted by Crippen LogP contribution is 2.42. The lowest BCUT2D eigenvalue weighted by atomic mass is 9.61. The maximum Gasteiger partial charge on any atom is 0.124 e. The van der Waals surface area contributed by atoms with E-state index in [1.54, 1.807) is 12.2 Å². The van der Waals surface area contributed by atoms with Crippen molar-refractivity contribution in [3.05, 3.63) is 12.2 Å². The van der Waals surface area contributed by atoms with Gasteiger partial charge >= 0.3 is 0 Å². The summed E-state index contributed by atoms with van der Waals surface area (Å²) >= 11 is 0. The summed E-state index contributed by atoms with van der Waals surface area (Å²) in [5.41, 5.74) is 3.71. The lowest BCUT2D eigenvalue weighted by Gasteiger charge is -2.49. The van der Waals surface area contributed by atoms with Crippen molar-refractivity contribution in [3.63, 3.8) is 0 Å². The minimum Gasteiger partial charge on any atom is -0.379 e. The molecule has 0 fully saturated rings. The molecule has 3 nitrogen and oxygen atoms in total. The van der Waals surface area contributed by atoms with Crippen LogP contribution in [0.1, 0.15) is 41.0 Å². The van der Waals surface area contributed by atoms with Crippen LogP contribution < -0.4 is 5.73 Å². The van der Waals surface area contributed by atoms with E-state index in [-0.39, 0.29) is 0 Å². The molecule has 0 aliphatic rings. The smallest absolute Gasteiger partial charge is 0.124 e. The van der Waals surface area contributed by atoms with Gasteiger partial charge in [0.25, 0.3) is 0 Å².